The molecule has 1 aromatic rings. The SMILES string of the molecule is COC(=O)c1cnc(N2CC(C(=O)O)CC2=O)s1. The van der Waals surface area contributed by atoms with Crippen LogP contribution in [0.4, 0.5) is 5.13 Å². The number of nitrogens with zero attached hydrogens (tertiary/aromatic N) is 2. The lowest BCUT2D eigenvalue weighted by atomic mass is 10.1. The first-order valence-corrected chi connectivity index (χ1v) is 5.92. The molecule has 0 radical (unpaired) electrons. The maximum absolute atomic E-state index is 11.7. The number of rotatable bonds is 3. The molecule has 0 bridgehead atoms. The molecule has 1 fully saturated rings. The summed E-state index contributed by atoms with van der Waals surface area (Å²) < 4.78 is 4.53. The highest BCUT2D eigenvalue weighted by atomic mass is 32.1. The third kappa shape index (κ3) is 2.19. The smallest absolute Gasteiger partial charge is 0.349 e. The van der Waals surface area contributed by atoms with Gasteiger partial charge in [-0.15, -0.1) is 0 Å². The van der Waals surface area contributed by atoms with E-state index in [9.17, 15) is 14.4 Å². The zero-order valence-corrected chi connectivity index (χ0v) is 10.3. The predicted molar refractivity (Wildman–Crippen MR) is 61.5 cm³/mol. The number of amides is 1. The average molecular weight is 270 g/mol. The number of ether oxygens (including phenoxy) is 1. The molecule has 0 spiro atoms. The minimum absolute atomic E-state index is 0.0392. The standard InChI is InChI=1S/C10H10N2O5S/c1-17-9(16)6-3-11-10(18-6)12-4-5(8(14)15)2-7(12)13/h3,5H,2,4H2,1H3,(H,14,15). The fraction of sp³-hybridized carbons (Fsp3) is 0.400. The van der Waals surface area contributed by atoms with E-state index in [0.29, 0.717) is 5.13 Å². The molecule has 1 N–H and O–H groups in total. The molecule has 1 aliphatic rings. The summed E-state index contributed by atoms with van der Waals surface area (Å²) in [6.45, 7) is 0.0856. The molecule has 0 aliphatic carbocycles. The number of carboxylic acid groups (broad SMARTS) is 1. The van der Waals surface area contributed by atoms with Gasteiger partial charge in [0, 0.05) is 13.0 Å². The van der Waals surface area contributed by atoms with Crippen molar-refractivity contribution >= 4 is 34.3 Å². The zero-order valence-electron chi connectivity index (χ0n) is 9.45. The monoisotopic (exact) mass is 270 g/mol. The Kier molecular flexibility index (Phi) is 3.28. The number of carboxylic acids is 1. The summed E-state index contributed by atoms with van der Waals surface area (Å²) in [5, 5.41) is 9.18. The van der Waals surface area contributed by atoms with E-state index in [0.717, 1.165) is 11.3 Å². The third-order valence-corrected chi connectivity index (χ3v) is 3.59. The van der Waals surface area contributed by atoms with Gasteiger partial charge >= 0.3 is 11.9 Å². The van der Waals surface area contributed by atoms with Gasteiger partial charge in [-0.1, -0.05) is 11.3 Å². The summed E-state index contributed by atoms with van der Waals surface area (Å²) in [5.74, 6) is -2.55. The van der Waals surface area contributed by atoms with Gasteiger partial charge in [0.15, 0.2) is 5.13 Å². The fourth-order valence-corrected chi connectivity index (χ4v) is 2.50. The van der Waals surface area contributed by atoms with Crippen LogP contribution in [0, 0.1) is 5.92 Å². The van der Waals surface area contributed by atoms with Crippen LogP contribution in [0.15, 0.2) is 6.20 Å². The van der Waals surface area contributed by atoms with E-state index in [4.69, 9.17) is 5.11 Å². The van der Waals surface area contributed by atoms with E-state index < -0.39 is 17.9 Å². The number of hydrogen-bond donors (Lipinski definition) is 1. The maximum atomic E-state index is 11.7. The average Bonchev–Trinajstić information content (AvgIpc) is 2.94. The highest BCUT2D eigenvalue weighted by Crippen LogP contribution is 2.29. The van der Waals surface area contributed by atoms with Crippen molar-refractivity contribution in [3.05, 3.63) is 11.1 Å². The van der Waals surface area contributed by atoms with Crippen molar-refractivity contribution in [2.24, 2.45) is 5.92 Å². The molecule has 1 aromatic heterocycles. The number of thiazole rings is 1. The largest absolute Gasteiger partial charge is 0.481 e. The van der Waals surface area contributed by atoms with Crippen LogP contribution in [0.3, 0.4) is 0 Å². The van der Waals surface area contributed by atoms with Gasteiger partial charge in [0.05, 0.1) is 19.2 Å². The van der Waals surface area contributed by atoms with Crippen LogP contribution in [0.25, 0.3) is 0 Å². The summed E-state index contributed by atoms with van der Waals surface area (Å²) in [6.07, 6.45) is 1.27. The van der Waals surface area contributed by atoms with Gasteiger partial charge in [0.25, 0.3) is 0 Å². The molecule has 2 rings (SSSR count). The normalized spacial score (nSPS) is 19.1. The quantitative estimate of drug-likeness (QED) is 0.797. The van der Waals surface area contributed by atoms with E-state index in [-0.39, 0.29) is 23.7 Å². The topological polar surface area (TPSA) is 96.8 Å². The van der Waals surface area contributed by atoms with Crippen molar-refractivity contribution in [1.82, 2.24) is 4.98 Å². The molecule has 1 atom stereocenters. The molecule has 0 aromatic carbocycles. The van der Waals surface area contributed by atoms with E-state index in [1.807, 2.05) is 0 Å². The molecule has 1 saturated heterocycles. The van der Waals surface area contributed by atoms with Crippen LogP contribution in [0.5, 0.6) is 0 Å². The zero-order chi connectivity index (χ0) is 13.3. The molecule has 0 saturated carbocycles. The second kappa shape index (κ2) is 4.73. The Labute approximate surface area is 106 Å². The molecule has 2 heterocycles. The van der Waals surface area contributed by atoms with E-state index >= 15 is 0 Å². The molecule has 8 heteroatoms. The lowest BCUT2D eigenvalue weighted by molar-refractivity contribution is -0.141. The first-order valence-electron chi connectivity index (χ1n) is 5.10. The van der Waals surface area contributed by atoms with Crippen molar-refractivity contribution in [2.45, 2.75) is 6.42 Å². The van der Waals surface area contributed by atoms with Crippen LogP contribution in [-0.2, 0) is 14.3 Å². The van der Waals surface area contributed by atoms with Gasteiger partial charge < -0.3 is 9.84 Å². The Morgan fingerprint density at radius 1 is 1.61 bits per heavy atom. The Balaban J connectivity index is 2.17. The van der Waals surface area contributed by atoms with Crippen molar-refractivity contribution in [3.8, 4) is 0 Å². The molecule has 1 amide bonds. The van der Waals surface area contributed by atoms with Crippen molar-refractivity contribution in [2.75, 3.05) is 18.6 Å². The van der Waals surface area contributed by atoms with Crippen molar-refractivity contribution < 1.29 is 24.2 Å². The second-order valence-corrected chi connectivity index (χ2v) is 4.75. The molecule has 18 heavy (non-hydrogen) atoms. The lowest BCUT2D eigenvalue weighted by Crippen LogP contribution is -2.25. The number of hydrogen-bond acceptors (Lipinski definition) is 6. The number of anilines is 1. The van der Waals surface area contributed by atoms with Gasteiger partial charge in [-0.25, -0.2) is 9.78 Å². The highest BCUT2D eigenvalue weighted by molar-refractivity contribution is 7.17. The van der Waals surface area contributed by atoms with E-state index in [1.54, 1.807) is 0 Å². The number of aliphatic carboxylic acids is 1. The molecule has 7 nitrogen and oxygen atoms in total. The Morgan fingerprint density at radius 2 is 2.33 bits per heavy atom. The van der Waals surface area contributed by atoms with Gasteiger partial charge in [0.1, 0.15) is 4.88 Å². The first-order chi connectivity index (χ1) is 8.52. The van der Waals surface area contributed by atoms with Crippen LogP contribution in [0.2, 0.25) is 0 Å². The minimum Gasteiger partial charge on any atom is -0.481 e. The van der Waals surface area contributed by atoms with E-state index in [2.05, 4.69) is 9.72 Å². The van der Waals surface area contributed by atoms with Gasteiger partial charge in [-0.2, -0.15) is 0 Å². The second-order valence-electron chi connectivity index (χ2n) is 3.74. The Morgan fingerprint density at radius 3 is 2.89 bits per heavy atom. The van der Waals surface area contributed by atoms with Crippen molar-refractivity contribution in [1.29, 1.82) is 0 Å². The Bertz CT molecular complexity index is 512. The van der Waals surface area contributed by atoms with E-state index in [1.165, 1.54) is 18.2 Å². The van der Waals surface area contributed by atoms with Crippen LogP contribution < -0.4 is 4.90 Å². The van der Waals surface area contributed by atoms with Crippen molar-refractivity contribution in [3.63, 3.8) is 0 Å². The molecular weight excluding hydrogens is 260 g/mol. The lowest BCUT2D eigenvalue weighted by Gasteiger charge is -2.11. The summed E-state index contributed by atoms with van der Waals surface area (Å²) >= 11 is 1.01. The molecular formula is C10H10N2O5S. The third-order valence-electron chi connectivity index (χ3n) is 2.59. The Hall–Kier alpha value is -1.96. The highest BCUT2D eigenvalue weighted by Gasteiger charge is 2.36. The van der Waals surface area contributed by atoms with Gasteiger partial charge in [-0.05, 0) is 0 Å². The molecule has 1 unspecified atom stereocenters. The minimum atomic E-state index is -1.00. The predicted octanol–water partition coefficient (Wildman–Crippen LogP) is 0.367. The number of carbonyl (C=O) groups excluding carboxylic acids is 2. The van der Waals surface area contributed by atoms with Crippen LogP contribution >= 0.6 is 11.3 Å². The first kappa shape index (κ1) is 12.5. The van der Waals surface area contributed by atoms with Gasteiger partial charge in [-0.3, -0.25) is 14.5 Å². The fourth-order valence-electron chi connectivity index (χ4n) is 1.64. The number of carbonyl (C=O) groups is 3. The summed E-state index contributed by atoms with van der Waals surface area (Å²) in [6, 6.07) is 0. The maximum Gasteiger partial charge on any atom is 0.349 e. The molecule has 96 valence electrons. The summed E-state index contributed by atoms with van der Waals surface area (Å²) in [5.41, 5.74) is 0. The summed E-state index contributed by atoms with van der Waals surface area (Å²) in [7, 11) is 1.25. The summed E-state index contributed by atoms with van der Waals surface area (Å²) in [4.78, 5) is 39.2. The number of methoxy groups -OCH3 is 1. The number of esters is 1. The van der Waals surface area contributed by atoms with Crippen LogP contribution in [-0.4, -0.2) is 41.6 Å². The van der Waals surface area contributed by atoms with Gasteiger partial charge in [0.2, 0.25) is 5.91 Å². The molecule has 1 aliphatic heterocycles. The van der Waals surface area contributed by atoms with Crippen LogP contribution in [0.1, 0.15) is 16.1 Å². The number of aromatic nitrogens is 1.